The lowest BCUT2D eigenvalue weighted by molar-refractivity contribution is 0.414. The number of ether oxygens (including phenoxy) is 1. The fraction of sp³-hybridized carbons (Fsp3) is 0.250. The number of methoxy groups -OCH3 is 1. The SMILES string of the molecule is COc1ccc(CC(C)Nc2c(F)cc(Br)cc2F)cc1. The van der Waals surface area contributed by atoms with Crippen molar-refractivity contribution in [2.75, 3.05) is 12.4 Å². The molecule has 5 heteroatoms. The molecular weight excluding hydrogens is 340 g/mol. The highest BCUT2D eigenvalue weighted by molar-refractivity contribution is 9.10. The Balaban J connectivity index is 2.06. The highest BCUT2D eigenvalue weighted by Crippen LogP contribution is 2.25. The van der Waals surface area contributed by atoms with E-state index in [0.29, 0.717) is 10.9 Å². The van der Waals surface area contributed by atoms with Crippen molar-refractivity contribution in [3.8, 4) is 5.75 Å². The smallest absolute Gasteiger partial charge is 0.150 e. The Hall–Kier alpha value is -1.62. The predicted octanol–water partition coefficient (Wildman–Crippen LogP) is 4.78. The van der Waals surface area contributed by atoms with Crippen LogP contribution in [0, 0.1) is 11.6 Å². The maximum atomic E-state index is 13.8. The highest BCUT2D eigenvalue weighted by atomic mass is 79.9. The van der Waals surface area contributed by atoms with Gasteiger partial charge >= 0.3 is 0 Å². The fourth-order valence-corrected chi connectivity index (χ4v) is 2.49. The molecular formula is C16H16BrF2NO. The van der Waals surface area contributed by atoms with E-state index in [1.54, 1.807) is 7.11 Å². The van der Waals surface area contributed by atoms with Crippen LogP contribution < -0.4 is 10.1 Å². The van der Waals surface area contributed by atoms with Crippen LogP contribution in [0.5, 0.6) is 5.75 Å². The first-order valence-corrected chi connectivity index (χ1v) is 7.33. The van der Waals surface area contributed by atoms with Crippen LogP contribution in [-0.4, -0.2) is 13.2 Å². The van der Waals surface area contributed by atoms with Gasteiger partial charge in [0.25, 0.3) is 0 Å². The lowest BCUT2D eigenvalue weighted by Crippen LogP contribution is -2.19. The minimum Gasteiger partial charge on any atom is -0.497 e. The lowest BCUT2D eigenvalue weighted by Gasteiger charge is -2.17. The third-order valence-corrected chi connectivity index (χ3v) is 3.56. The van der Waals surface area contributed by atoms with Crippen molar-refractivity contribution < 1.29 is 13.5 Å². The van der Waals surface area contributed by atoms with Crippen molar-refractivity contribution in [3.63, 3.8) is 0 Å². The molecule has 0 aromatic heterocycles. The van der Waals surface area contributed by atoms with E-state index in [1.807, 2.05) is 31.2 Å². The first kappa shape index (κ1) is 15.8. The third kappa shape index (κ3) is 4.17. The van der Waals surface area contributed by atoms with Crippen LogP contribution in [0.2, 0.25) is 0 Å². The molecule has 0 saturated carbocycles. The fourth-order valence-electron chi connectivity index (χ4n) is 2.09. The molecule has 2 aromatic rings. The molecule has 1 N–H and O–H groups in total. The largest absolute Gasteiger partial charge is 0.497 e. The summed E-state index contributed by atoms with van der Waals surface area (Å²) in [5.41, 5.74) is 0.966. The summed E-state index contributed by atoms with van der Waals surface area (Å²) >= 11 is 3.06. The molecule has 0 amide bonds. The average Bonchev–Trinajstić information content (AvgIpc) is 2.43. The maximum absolute atomic E-state index is 13.8. The minimum atomic E-state index is -0.608. The Kier molecular flexibility index (Phi) is 5.17. The monoisotopic (exact) mass is 355 g/mol. The van der Waals surface area contributed by atoms with Gasteiger partial charge in [-0.3, -0.25) is 0 Å². The first-order chi connectivity index (χ1) is 9.99. The highest BCUT2D eigenvalue weighted by Gasteiger charge is 2.13. The molecule has 0 aliphatic rings. The van der Waals surface area contributed by atoms with Gasteiger partial charge < -0.3 is 10.1 Å². The third-order valence-electron chi connectivity index (χ3n) is 3.10. The molecule has 2 aromatic carbocycles. The maximum Gasteiger partial charge on any atom is 0.150 e. The topological polar surface area (TPSA) is 21.3 Å². The van der Waals surface area contributed by atoms with Crippen LogP contribution in [0.3, 0.4) is 0 Å². The van der Waals surface area contributed by atoms with Gasteiger partial charge in [-0.15, -0.1) is 0 Å². The standard InChI is InChI=1S/C16H16BrF2NO/c1-10(7-11-3-5-13(21-2)6-4-11)20-16-14(18)8-12(17)9-15(16)19/h3-6,8-10,20H,7H2,1-2H3. The second kappa shape index (κ2) is 6.89. The van der Waals surface area contributed by atoms with Crippen LogP contribution in [0.4, 0.5) is 14.5 Å². The van der Waals surface area contributed by atoms with E-state index in [4.69, 9.17) is 4.74 Å². The van der Waals surface area contributed by atoms with Crippen LogP contribution in [-0.2, 0) is 6.42 Å². The Labute approximate surface area is 131 Å². The molecule has 2 nitrogen and oxygen atoms in total. The molecule has 0 fully saturated rings. The summed E-state index contributed by atoms with van der Waals surface area (Å²) in [6.45, 7) is 1.88. The van der Waals surface area contributed by atoms with E-state index < -0.39 is 11.6 Å². The van der Waals surface area contributed by atoms with Crippen molar-refractivity contribution in [1.82, 2.24) is 0 Å². The lowest BCUT2D eigenvalue weighted by atomic mass is 10.1. The van der Waals surface area contributed by atoms with Crippen molar-refractivity contribution in [3.05, 3.63) is 58.1 Å². The van der Waals surface area contributed by atoms with E-state index in [-0.39, 0.29) is 11.7 Å². The Morgan fingerprint density at radius 2 is 1.71 bits per heavy atom. The van der Waals surface area contributed by atoms with Crippen LogP contribution in [0.25, 0.3) is 0 Å². The molecule has 0 bridgehead atoms. The predicted molar refractivity (Wildman–Crippen MR) is 83.8 cm³/mol. The molecule has 21 heavy (non-hydrogen) atoms. The molecule has 0 heterocycles. The summed E-state index contributed by atoms with van der Waals surface area (Å²) < 4.78 is 33.0. The molecule has 0 aliphatic carbocycles. The van der Waals surface area contributed by atoms with Crippen molar-refractivity contribution >= 4 is 21.6 Å². The van der Waals surface area contributed by atoms with E-state index in [0.717, 1.165) is 11.3 Å². The number of nitrogens with one attached hydrogen (secondary N) is 1. The van der Waals surface area contributed by atoms with Gasteiger partial charge in [-0.05, 0) is 43.2 Å². The second-order valence-corrected chi connectivity index (χ2v) is 5.76. The van der Waals surface area contributed by atoms with E-state index in [9.17, 15) is 8.78 Å². The zero-order valence-corrected chi connectivity index (χ0v) is 13.4. The van der Waals surface area contributed by atoms with Crippen molar-refractivity contribution in [2.24, 2.45) is 0 Å². The van der Waals surface area contributed by atoms with Gasteiger partial charge in [0.15, 0.2) is 0 Å². The molecule has 112 valence electrons. The van der Waals surface area contributed by atoms with Crippen molar-refractivity contribution in [1.29, 1.82) is 0 Å². The van der Waals surface area contributed by atoms with Gasteiger partial charge in [-0.1, -0.05) is 28.1 Å². The summed E-state index contributed by atoms with van der Waals surface area (Å²) in [4.78, 5) is 0. The van der Waals surface area contributed by atoms with Gasteiger partial charge in [0, 0.05) is 10.5 Å². The Morgan fingerprint density at radius 1 is 1.14 bits per heavy atom. The van der Waals surface area contributed by atoms with Gasteiger partial charge in [-0.25, -0.2) is 8.78 Å². The first-order valence-electron chi connectivity index (χ1n) is 6.53. The van der Waals surface area contributed by atoms with Crippen LogP contribution >= 0.6 is 15.9 Å². The second-order valence-electron chi connectivity index (χ2n) is 4.84. The van der Waals surface area contributed by atoms with Crippen LogP contribution in [0.1, 0.15) is 12.5 Å². The zero-order chi connectivity index (χ0) is 15.4. The molecule has 0 saturated heterocycles. The summed E-state index contributed by atoms with van der Waals surface area (Å²) in [7, 11) is 1.61. The van der Waals surface area contributed by atoms with E-state index in [1.165, 1.54) is 12.1 Å². The minimum absolute atomic E-state index is 0.0980. The summed E-state index contributed by atoms with van der Waals surface area (Å²) in [5.74, 6) is -0.434. The Bertz CT molecular complexity index is 593. The normalized spacial score (nSPS) is 12.0. The van der Waals surface area contributed by atoms with Crippen molar-refractivity contribution in [2.45, 2.75) is 19.4 Å². The van der Waals surface area contributed by atoms with Gasteiger partial charge in [-0.2, -0.15) is 0 Å². The molecule has 0 radical (unpaired) electrons. The number of benzene rings is 2. The van der Waals surface area contributed by atoms with E-state index >= 15 is 0 Å². The number of anilines is 1. The van der Waals surface area contributed by atoms with E-state index in [2.05, 4.69) is 21.2 Å². The number of hydrogen-bond acceptors (Lipinski definition) is 2. The molecule has 1 unspecified atom stereocenters. The van der Waals surface area contributed by atoms with Crippen LogP contribution in [0.15, 0.2) is 40.9 Å². The molecule has 2 rings (SSSR count). The summed E-state index contributed by atoms with van der Waals surface area (Å²) in [6, 6.07) is 9.97. The average molecular weight is 356 g/mol. The van der Waals surface area contributed by atoms with Gasteiger partial charge in [0.2, 0.25) is 0 Å². The number of rotatable bonds is 5. The summed E-state index contributed by atoms with van der Waals surface area (Å²) in [5, 5.41) is 2.88. The Morgan fingerprint density at radius 3 is 2.24 bits per heavy atom. The quantitative estimate of drug-likeness (QED) is 0.833. The van der Waals surface area contributed by atoms with Gasteiger partial charge in [0.05, 0.1) is 7.11 Å². The summed E-state index contributed by atoms with van der Waals surface area (Å²) in [6.07, 6.45) is 0.652. The zero-order valence-electron chi connectivity index (χ0n) is 11.8. The molecule has 1 atom stereocenters. The molecule has 0 spiro atoms. The number of hydrogen-bond donors (Lipinski definition) is 1. The molecule has 0 aliphatic heterocycles. The number of halogens is 3. The van der Waals surface area contributed by atoms with Gasteiger partial charge in [0.1, 0.15) is 23.1 Å².